The van der Waals surface area contributed by atoms with Crippen LogP contribution in [-0.2, 0) is 4.79 Å². The van der Waals surface area contributed by atoms with E-state index >= 15 is 0 Å². The molecule has 2 aromatic carbocycles. The number of aromatic nitrogens is 2. The number of benzene rings is 2. The third-order valence-corrected chi connectivity index (χ3v) is 6.76. The van der Waals surface area contributed by atoms with Crippen molar-refractivity contribution in [3.8, 4) is 28.4 Å². The number of thiophene rings is 1. The van der Waals surface area contributed by atoms with Crippen molar-refractivity contribution in [1.29, 1.82) is 0 Å². The fraction of sp³-hybridized carbons (Fsp3) is 0.250. The van der Waals surface area contributed by atoms with Crippen LogP contribution in [0.3, 0.4) is 0 Å². The van der Waals surface area contributed by atoms with Gasteiger partial charge in [-0.3, -0.25) is 19.5 Å². The average Bonchev–Trinajstić information content (AvgIpc) is 3.58. The molecule has 2 heterocycles. The molecule has 0 fully saturated rings. The maximum atomic E-state index is 13.3. The molecule has 0 aliphatic rings. The van der Waals surface area contributed by atoms with Crippen LogP contribution in [0.15, 0.2) is 66.2 Å². The van der Waals surface area contributed by atoms with Crippen LogP contribution in [0.2, 0.25) is 5.02 Å². The number of ether oxygens (including phenoxy) is 2. The van der Waals surface area contributed by atoms with Gasteiger partial charge in [-0.25, -0.2) is 4.98 Å². The molecule has 38 heavy (non-hydrogen) atoms. The van der Waals surface area contributed by atoms with Crippen molar-refractivity contribution in [2.24, 2.45) is 5.92 Å². The lowest BCUT2D eigenvalue weighted by atomic mass is 10.2. The standard InChI is InChI=1S/C28H29ClN4O4S/c1-18(2)15-32(27(35)25-6-5-11-38-25)17-26(34)31-28-30-24(19-7-9-20(29)10-8-19)16-33(28)21-12-22(36-3)14-23(13-21)37-4/h5-14,16,18H,15,17H2,1-4H3,(H,30,31,34). The number of nitrogens with zero attached hydrogens (tertiary/aromatic N) is 3. The van der Waals surface area contributed by atoms with Crippen LogP contribution in [0.1, 0.15) is 23.5 Å². The van der Waals surface area contributed by atoms with E-state index in [9.17, 15) is 9.59 Å². The molecule has 0 atom stereocenters. The number of methoxy groups -OCH3 is 2. The molecule has 0 saturated carbocycles. The third-order valence-electron chi connectivity index (χ3n) is 5.65. The normalized spacial score (nSPS) is 10.9. The summed E-state index contributed by atoms with van der Waals surface area (Å²) in [7, 11) is 3.14. The molecule has 2 aromatic heterocycles. The Morgan fingerprint density at radius 3 is 2.34 bits per heavy atom. The molecule has 0 saturated heterocycles. The van der Waals surface area contributed by atoms with Crippen molar-refractivity contribution in [1.82, 2.24) is 14.5 Å². The number of nitrogens with one attached hydrogen (secondary N) is 1. The third kappa shape index (κ3) is 6.54. The van der Waals surface area contributed by atoms with Crippen molar-refractivity contribution < 1.29 is 19.1 Å². The summed E-state index contributed by atoms with van der Waals surface area (Å²) in [4.78, 5) is 33.2. The van der Waals surface area contributed by atoms with Crippen LogP contribution < -0.4 is 14.8 Å². The van der Waals surface area contributed by atoms with E-state index in [1.54, 1.807) is 48.0 Å². The molecule has 8 nitrogen and oxygen atoms in total. The maximum Gasteiger partial charge on any atom is 0.264 e. The molecule has 0 spiro atoms. The average molecular weight is 553 g/mol. The lowest BCUT2D eigenvalue weighted by Gasteiger charge is -2.23. The predicted octanol–water partition coefficient (Wildman–Crippen LogP) is 6.01. The van der Waals surface area contributed by atoms with Gasteiger partial charge >= 0.3 is 0 Å². The molecule has 4 rings (SSSR count). The highest BCUT2D eigenvalue weighted by Gasteiger charge is 2.22. The number of amides is 2. The van der Waals surface area contributed by atoms with Crippen molar-refractivity contribution in [2.45, 2.75) is 13.8 Å². The first kappa shape index (κ1) is 27.2. The molecular formula is C28H29ClN4O4S. The number of anilines is 1. The van der Waals surface area contributed by atoms with Gasteiger partial charge in [-0.05, 0) is 29.5 Å². The van der Waals surface area contributed by atoms with Crippen molar-refractivity contribution >= 4 is 40.7 Å². The van der Waals surface area contributed by atoms with E-state index in [1.807, 2.05) is 55.8 Å². The van der Waals surface area contributed by atoms with Gasteiger partial charge in [0.25, 0.3) is 5.91 Å². The highest BCUT2D eigenvalue weighted by molar-refractivity contribution is 7.12. The summed E-state index contributed by atoms with van der Waals surface area (Å²) in [5.41, 5.74) is 2.14. The van der Waals surface area contributed by atoms with Gasteiger partial charge in [0.15, 0.2) is 0 Å². The number of rotatable bonds is 10. The van der Waals surface area contributed by atoms with E-state index in [4.69, 9.17) is 26.1 Å². The second kappa shape index (κ2) is 12.1. The number of hydrogen-bond donors (Lipinski definition) is 1. The van der Waals surface area contributed by atoms with Crippen LogP contribution in [-0.4, -0.2) is 53.6 Å². The molecular weight excluding hydrogens is 524 g/mol. The Labute approximate surface area is 230 Å². The maximum absolute atomic E-state index is 13.3. The molecule has 10 heteroatoms. The zero-order valence-electron chi connectivity index (χ0n) is 21.6. The second-order valence-electron chi connectivity index (χ2n) is 9.00. The fourth-order valence-corrected chi connectivity index (χ4v) is 4.73. The van der Waals surface area contributed by atoms with Gasteiger partial charge in [-0.2, -0.15) is 0 Å². The smallest absolute Gasteiger partial charge is 0.264 e. The van der Waals surface area contributed by atoms with Crippen molar-refractivity contribution in [2.75, 3.05) is 32.6 Å². The van der Waals surface area contributed by atoms with Gasteiger partial charge in [0.05, 0.1) is 30.5 Å². The monoisotopic (exact) mass is 552 g/mol. The minimum Gasteiger partial charge on any atom is -0.497 e. The van der Waals surface area contributed by atoms with E-state index in [1.165, 1.54) is 11.3 Å². The van der Waals surface area contributed by atoms with Crippen LogP contribution in [0.5, 0.6) is 11.5 Å². The van der Waals surface area contributed by atoms with E-state index < -0.39 is 0 Å². The van der Waals surface area contributed by atoms with E-state index in [2.05, 4.69) is 5.32 Å². The molecule has 2 amide bonds. The molecule has 0 radical (unpaired) electrons. The number of imidazole rings is 1. The lowest BCUT2D eigenvalue weighted by Crippen LogP contribution is -2.40. The highest BCUT2D eigenvalue weighted by Crippen LogP contribution is 2.30. The van der Waals surface area contributed by atoms with Crippen molar-refractivity contribution in [3.05, 3.63) is 76.1 Å². The Bertz CT molecular complexity index is 1380. The Hall–Kier alpha value is -3.82. The first-order valence-electron chi connectivity index (χ1n) is 12.0. The summed E-state index contributed by atoms with van der Waals surface area (Å²) in [5.74, 6) is 1.12. The Kier molecular flexibility index (Phi) is 8.70. The lowest BCUT2D eigenvalue weighted by molar-refractivity contribution is -0.117. The minimum atomic E-state index is -0.361. The number of halogens is 1. The van der Waals surface area contributed by atoms with E-state index in [-0.39, 0.29) is 24.3 Å². The summed E-state index contributed by atoms with van der Waals surface area (Å²) >= 11 is 7.43. The Morgan fingerprint density at radius 2 is 1.76 bits per heavy atom. The summed E-state index contributed by atoms with van der Waals surface area (Å²) in [6.45, 7) is 4.35. The first-order valence-corrected chi connectivity index (χ1v) is 13.2. The van der Waals surface area contributed by atoms with Crippen LogP contribution in [0.25, 0.3) is 16.9 Å². The van der Waals surface area contributed by atoms with Gasteiger partial charge in [0.2, 0.25) is 11.9 Å². The SMILES string of the molecule is COc1cc(OC)cc(-n2cc(-c3ccc(Cl)cc3)nc2NC(=O)CN(CC(C)C)C(=O)c2cccs2)c1. The summed E-state index contributed by atoms with van der Waals surface area (Å²) in [6.07, 6.45) is 1.82. The molecule has 0 aliphatic carbocycles. The predicted molar refractivity (Wildman–Crippen MR) is 151 cm³/mol. The molecule has 4 aromatic rings. The van der Waals surface area contributed by atoms with Gasteiger partial charge in [-0.1, -0.05) is 43.6 Å². The Balaban J connectivity index is 1.68. The van der Waals surface area contributed by atoms with Crippen LogP contribution in [0.4, 0.5) is 5.95 Å². The molecule has 0 bridgehead atoms. The van der Waals surface area contributed by atoms with Gasteiger partial charge in [0, 0.05) is 41.5 Å². The van der Waals surface area contributed by atoms with Gasteiger partial charge in [-0.15, -0.1) is 11.3 Å². The largest absolute Gasteiger partial charge is 0.497 e. The Morgan fingerprint density at radius 1 is 1.08 bits per heavy atom. The van der Waals surface area contributed by atoms with Crippen LogP contribution >= 0.6 is 22.9 Å². The van der Waals surface area contributed by atoms with Gasteiger partial charge in [0.1, 0.15) is 18.0 Å². The second-order valence-corrected chi connectivity index (χ2v) is 10.4. The van der Waals surface area contributed by atoms with Gasteiger partial charge < -0.3 is 14.4 Å². The number of hydrogen-bond acceptors (Lipinski definition) is 6. The molecule has 198 valence electrons. The number of carbonyl (C=O) groups excluding carboxylic acids is 2. The zero-order chi connectivity index (χ0) is 27.2. The minimum absolute atomic E-state index is 0.112. The molecule has 0 aliphatic heterocycles. The zero-order valence-corrected chi connectivity index (χ0v) is 23.2. The summed E-state index contributed by atoms with van der Waals surface area (Å²) in [6, 6.07) is 16.3. The first-order chi connectivity index (χ1) is 18.3. The quantitative estimate of drug-likeness (QED) is 0.260. The molecule has 1 N–H and O–H groups in total. The van der Waals surface area contributed by atoms with Crippen molar-refractivity contribution in [3.63, 3.8) is 0 Å². The molecule has 0 unspecified atom stereocenters. The topological polar surface area (TPSA) is 85.7 Å². The number of carbonyl (C=O) groups is 2. The fourth-order valence-electron chi connectivity index (χ4n) is 3.91. The van der Waals surface area contributed by atoms with E-state index in [0.29, 0.717) is 45.3 Å². The summed E-state index contributed by atoms with van der Waals surface area (Å²) in [5, 5.41) is 5.36. The summed E-state index contributed by atoms with van der Waals surface area (Å²) < 4.78 is 12.6. The van der Waals surface area contributed by atoms with E-state index in [0.717, 1.165) is 5.56 Å². The highest BCUT2D eigenvalue weighted by atomic mass is 35.5. The van der Waals surface area contributed by atoms with Crippen LogP contribution in [0, 0.1) is 5.92 Å².